The molecule has 0 aliphatic heterocycles. The molecule has 0 saturated carbocycles. The highest BCUT2D eigenvalue weighted by atomic mass is 32.1. The highest BCUT2D eigenvalue weighted by Crippen LogP contribution is 2.35. The molecule has 0 saturated heterocycles. The lowest BCUT2D eigenvalue weighted by atomic mass is 9.78. The van der Waals surface area contributed by atoms with E-state index in [1.165, 1.54) is 22.7 Å². The third kappa shape index (κ3) is 1.77. The number of hydrogen-bond acceptors (Lipinski definition) is 4. The van der Waals surface area contributed by atoms with Crippen molar-refractivity contribution >= 4 is 16.5 Å². The summed E-state index contributed by atoms with van der Waals surface area (Å²) in [7, 11) is 0. The maximum Gasteiger partial charge on any atom is 0.127 e. The molecule has 4 heteroatoms. The molecule has 18 heavy (non-hydrogen) atoms. The van der Waals surface area contributed by atoms with E-state index >= 15 is 0 Å². The Balaban J connectivity index is 1.69. The zero-order chi connectivity index (χ0) is 12.5. The van der Waals surface area contributed by atoms with Crippen LogP contribution in [0.3, 0.4) is 0 Å². The van der Waals surface area contributed by atoms with Gasteiger partial charge >= 0.3 is 0 Å². The third-order valence-corrected chi connectivity index (χ3v) is 4.34. The monoisotopic (exact) mass is 255 g/mol. The van der Waals surface area contributed by atoms with E-state index in [4.69, 9.17) is 5.26 Å². The van der Waals surface area contributed by atoms with E-state index in [0.717, 1.165) is 23.7 Å². The van der Waals surface area contributed by atoms with E-state index in [1.54, 1.807) is 0 Å². The van der Waals surface area contributed by atoms with Crippen molar-refractivity contribution in [3.05, 3.63) is 46.6 Å². The first-order valence-electron chi connectivity index (χ1n) is 5.97. The molecule has 1 N–H and O–H groups in total. The number of anilines is 1. The number of hydrogen-bond donors (Lipinski definition) is 1. The Hall–Kier alpha value is -1.86. The third-order valence-electron chi connectivity index (χ3n) is 3.44. The molecule has 0 spiro atoms. The highest BCUT2D eigenvalue weighted by molar-refractivity contribution is 7.10. The summed E-state index contributed by atoms with van der Waals surface area (Å²) < 4.78 is 4.21. The van der Waals surface area contributed by atoms with Crippen LogP contribution in [0.5, 0.6) is 0 Å². The second kappa shape index (κ2) is 4.43. The first-order chi connectivity index (χ1) is 8.79. The molecular weight excluding hydrogens is 242 g/mol. The van der Waals surface area contributed by atoms with Crippen LogP contribution in [-0.4, -0.2) is 10.9 Å². The van der Waals surface area contributed by atoms with Crippen molar-refractivity contribution in [1.29, 1.82) is 5.26 Å². The second-order valence-electron chi connectivity index (χ2n) is 4.56. The maximum atomic E-state index is 9.06. The second-order valence-corrected chi connectivity index (χ2v) is 5.34. The fourth-order valence-corrected chi connectivity index (χ4v) is 3.13. The lowest BCUT2D eigenvalue weighted by molar-refractivity contribution is 0.636. The molecule has 90 valence electrons. The molecule has 1 heterocycles. The zero-order valence-electron chi connectivity index (χ0n) is 10.1. The Kier molecular flexibility index (Phi) is 2.77. The Morgan fingerprint density at radius 3 is 3.11 bits per heavy atom. The quantitative estimate of drug-likeness (QED) is 0.917. The summed E-state index contributed by atoms with van der Waals surface area (Å²) in [5.74, 6) is 0.565. The normalized spacial score (nSPS) is 16.6. The molecule has 1 atom stereocenters. The van der Waals surface area contributed by atoms with Gasteiger partial charge in [0.2, 0.25) is 0 Å². The number of nitrogens with zero attached hydrogens (tertiary/aromatic N) is 2. The van der Waals surface area contributed by atoms with E-state index in [2.05, 4.69) is 40.0 Å². The summed E-state index contributed by atoms with van der Waals surface area (Å²) in [6.07, 6.45) is 1.13. The Morgan fingerprint density at radius 1 is 1.50 bits per heavy atom. The zero-order valence-corrected chi connectivity index (χ0v) is 10.9. The lowest BCUT2D eigenvalue weighted by Crippen LogP contribution is -2.24. The van der Waals surface area contributed by atoms with Gasteiger partial charge in [0.05, 0.1) is 5.69 Å². The maximum absolute atomic E-state index is 9.06. The Bertz CT molecular complexity index is 624. The number of nitrogens with one attached hydrogen (secondary N) is 1. The Morgan fingerprint density at radius 2 is 2.33 bits per heavy atom. The smallest absolute Gasteiger partial charge is 0.127 e. The van der Waals surface area contributed by atoms with Crippen molar-refractivity contribution in [3.63, 3.8) is 0 Å². The van der Waals surface area contributed by atoms with Crippen LogP contribution in [0.4, 0.5) is 5.00 Å². The topological polar surface area (TPSA) is 48.7 Å². The molecule has 0 fully saturated rings. The minimum Gasteiger partial charge on any atom is -0.374 e. The number of aromatic nitrogens is 1. The van der Waals surface area contributed by atoms with Crippen LogP contribution in [0.15, 0.2) is 24.3 Å². The van der Waals surface area contributed by atoms with Crippen LogP contribution in [-0.2, 0) is 6.42 Å². The highest BCUT2D eigenvalue weighted by Gasteiger charge is 2.25. The van der Waals surface area contributed by atoms with E-state index in [1.807, 2.05) is 6.92 Å². The fraction of sp³-hybridized carbons (Fsp3) is 0.286. The molecule has 1 aromatic carbocycles. The van der Waals surface area contributed by atoms with E-state index in [9.17, 15) is 0 Å². The van der Waals surface area contributed by atoms with Gasteiger partial charge in [0.15, 0.2) is 0 Å². The van der Waals surface area contributed by atoms with Crippen LogP contribution in [0, 0.1) is 18.3 Å². The minimum atomic E-state index is 0.565. The molecule has 1 aliphatic rings. The van der Waals surface area contributed by atoms with Gasteiger partial charge in [0, 0.05) is 12.5 Å². The van der Waals surface area contributed by atoms with Crippen molar-refractivity contribution in [1.82, 2.24) is 4.37 Å². The summed E-state index contributed by atoms with van der Waals surface area (Å²) in [5, 5.41) is 13.3. The molecule has 1 aromatic heterocycles. The number of rotatable bonds is 3. The van der Waals surface area contributed by atoms with Gasteiger partial charge in [-0.15, -0.1) is 0 Å². The fourth-order valence-electron chi connectivity index (χ4n) is 2.38. The van der Waals surface area contributed by atoms with Crippen molar-refractivity contribution in [2.75, 3.05) is 11.9 Å². The van der Waals surface area contributed by atoms with Crippen LogP contribution >= 0.6 is 11.5 Å². The summed E-state index contributed by atoms with van der Waals surface area (Å²) >= 11 is 1.38. The SMILES string of the molecule is Cc1nsc(NCC2Cc3ccccc32)c1C#N. The van der Waals surface area contributed by atoms with Crippen LogP contribution < -0.4 is 5.32 Å². The summed E-state index contributed by atoms with van der Waals surface area (Å²) in [6.45, 7) is 2.76. The first kappa shape index (κ1) is 11.2. The summed E-state index contributed by atoms with van der Waals surface area (Å²) in [6, 6.07) is 10.8. The van der Waals surface area contributed by atoms with Crippen molar-refractivity contribution in [2.24, 2.45) is 0 Å². The molecule has 0 bridgehead atoms. The summed E-state index contributed by atoms with van der Waals surface area (Å²) in [4.78, 5) is 0. The van der Waals surface area contributed by atoms with Gasteiger partial charge in [0.1, 0.15) is 16.6 Å². The van der Waals surface area contributed by atoms with Gasteiger partial charge in [-0.25, -0.2) is 0 Å². The first-order valence-corrected chi connectivity index (χ1v) is 6.75. The molecule has 1 aliphatic carbocycles. The Labute approximate surface area is 110 Å². The van der Waals surface area contributed by atoms with Crippen LogP contribution in [0.25, 0.3) is 0 Å². The van der Waals surface area contributed by atoms with Crippen molar-refractivity contribution < 1.29 is 0 Å². The van der Waals surface area contributed by atoms with Gasteiger partial charge in [0.25, 0.3) is 0 Å². The van der Waals surface area contributed by atoms with E-state index in [-0.39, 0.29) is 0 Å². The average molecular weight is 255 g/mol. The van der Waals surface area contributed by atoms with E-state index < -0.39 is 0 Å². The number of benzene rings is 1. The van der Waals surface area contributed by atoms with E-state index in [0.29, 0.717) is 11.5 Å². The molecular formula is C14H13N3S. The van der Waals surface area contributed by atoms with Crippen molar-refractivity contribution in [2.45, 2.75) is 19.3 Å². The van der Waals surface area contributed by atoms with Gasteiger partial charge in [-0.3, -0.25) is 0 Å². The predicted octanol–water partition coefficient (Wildman–Crippen LogP) is 3.08. The van der Waals surface area contributed by atoms with Gasteiger partial charge < -0.3 is 5.32 Å². The predicted molar refractivity (Wildman–Crippen MR) is 72.9 cm³/mol. The summed E-state index contributed by atoms with van der Waals surface area (Å²) in [5.41, 5.74) is 4.39. The van der Waals surface area contributed by atoms with Crippen LogP contribution in [0.1, 0.15) is 28.3 Å². The standard InChI is InChI=1S/C14H13N3S/c1-9-13(7-15)14(18-17-9)16-8-11-6-10-4-2-3-5-12(10)11/h2-5,11,16H,6,8H2,1H3. The number of nitriles is 1. The molecule has 0 radical (unpaired) electrons. The number of aryl methyl sites for hydroxylation is 1. The minimum absolute atomic E-state index is 0.565. The van der Waals surface area contributed by atoms with Gasteiger partial charge in [-0.1, -0.05) is 24.3 Å². The van der Waals surface area contributed by atoms with Crippen molar-refractivity contribution in [3.8, 4) is 6.07 Å². The average Bonchev–Trinajstić information content (AvgIpc) is 2.71. The van der Waals surface area contributed by atoms with Gasteiger partial charge in [-0.05, 0) is 36.0 Å². The van der Waals surface area contributed by atoms with Crippen LogP contribution in [0.2, 0.25) is 0 Å². The molecule has 3 nitrogen and oxygen atoms in total. The largest absolute Gasteiger partial charge is 0.374 e. The number of fused-ring (bicyclic) bond motifs is 1. The lowest BCUT2D eigenvalue weighted by Gasteiger charge is -2.30. The molecule has 2 aromatic rings. The van der Waals surface area contributed by atoms with Gasteiger partial charge in [-0.2, -0.15) is 9.64 Å². The molecule has 0 amide bonds. The molecule has 3 rings (SSSR count). The molecule has 1 unspecified atom stereocenters.